The molecule has 1 atom stereocenters. The third-order valence-corrected chi connectivity index (χ3v) is 3.52. The van der Waals surface area contributed by atoms with E-state index in [1.54, 1.807) is 6.07 Å². The lowest BCUT2D eigenvalue weighted by Gasteiger charge is -2.29. The summed E-state index contributed by atoms with van der Waals surface area (Å²) in [6, 6.07) is 6.95. The Morgan fingerprint density at radius 2 is 1.95 bits per heavy atom. The standard InChI is InChI=1S/C17H29FN2O/c1-5-19-16(14-9-7-8-10-15(14)18)11-12-20(6-2)13-17(3,4)21/h7-10,16,19,21H,5-6,11-13H2,1-4H3. The minimum atomic E-state index is -0.707. The Labute approximate surface area is 128 Å². The molecule has 120 valence electrons. The fraction of sp³-hybridized carbons (Fsp3) is 0.647. The lowest BCUT2D eigenvalue weighted by Crippen LogP contribution is -2.40. The summed E-state index contributed by atoms with van der Waals surface area (Å²) in [5, 5.41) is 13.3. The molecule has 0 fully saturated rings. The van der Waals surface area contributed by atoms with Crippen LogP contribution in [0.4, 0.5) is 4.39 Å². The highest BCUT2D eigenvalue weighted by Crippen LogP contribution is 2.20. The number of likely N-dealkylation sites (N-methyl/N-ethyl adjacent to an activating group) is 1. The first-order valence-electron chi connectivity index (χ1n) is 7.80. The van der Waals surface area contributed by atoms with E-state index in [9.17, 15) is 9.50 Å². The van der Waals surface area contributed by atoms with Crippen LogP contribution < -0.4 is 5.32 Å². The predicted molar refractivity (Wildman–Crippen MR) is 85.8 cm³/mol. The quantitative estimate of drug-likeness (QED) is 0.735. The lowest BCUT2D eigenvalue weighted by atomic mass is 10.0. The van der Waals surface area contributed by atoms with E-state index >= 15 is 0 Å². The van der Waals surface area contributed by atoms with Gasteiger partial charge in [0.05, 0.1) is 5.60 Å². The smallest absolute Gasteiger partial charge is 0.127 e. The van der Waals surface area contributed by atoms with Crippen molar-refractivity contribution in [2.24, 2.45) is 0 Å². The maximum atomic E-state index is 13.9. The van der Waals surface area contributed by atoms with Gasteiger partial charge in [0.15, 0.2) is 0 Å². The third kappa shape index (κ3) is 6.55. The topological polar surface area (TPSA) is 35.5 Å². The first-order valence-corrected chi connectivity index (χ1v) is 7.80. The van der Waals surface area contributed by atoms with E-state index < -0.39 is 5.60 Å². The highest BCUT2D eigenvalue weighted by atomic mass is 19.1. The Balaban J connectivity index is 2.69. The zero-order valence-corrected chi connectivity index (χ0v) is 13.7. The van der Waals surface area contributed by atoms with Gasteiger partial charge in [-0.2, -0.15) is 0 Å². The van der Waals surface area contributed by atoms with Crippen molar-refractivity contribution >= 4 is 0 Å². The van der Waals surface area contributed by atoms with Crippen LogP contribution in [-0.4, -0.2) is 41.8 Å². The molecule has 21 heavy (non-hydrogen) atoms. The zero-order chi connectivity index (χ0) is 15.9. The molecule has 0 heterocycles. The monoisotopic (exact) mass is 296 g/mol. The van der Waals surface area contributed by atoms with Gasteiger partial charge in [-0.3, -0.25) is 0 Å². The van der Waals surface area contributed by atoms with Gasteiger partial charge in [-0.1, -0.05) is 32.0 Å². The van der Waals surface area contributed by atoms with Crippen molar-refractivity contribution in [3.8, 4) is 0 Å². The van der Waals surface area contributed by atoms with E-state index in [-0.39, 0.29) is 11.9 Å². The zero-order valence-electron chi connectivity index (χ0n) is 13.7. The lowest BCUT2D eigenvalue weighted by molar-refractivity contribution is 0.0366. The van der Waals surface area contributed by atoms with Crippen LogP contribution in [0.2, 0.25) is 0 Å². The van der Waals surface area contributed by atoms with Gasteiger partial charge >= 0.3 is 0 Å². The maximum absolute atomic E-state index is 13.9. The van der Waals surface area contributed by atoms with E-state index in [0.29, 0.717) is 6.54 Å². The van der Waals surface area contributed by atoms with Gasteiger partial charge in [-0.25, -0.2) is 4.39 Å². The molecule has 1 aromatic carbocycles. The van der Waals surface area contributed by atoms with E-state index in [1.165, 1.54) is 6.07 Å². The highest BCUT2D eigenvalue weighted by Gasteiger charge is 2.19. The van der Waals surface area contributed by atoms with Crippen molar-refractivity contribution in [2.75, 3.05) is 26.2 Å². The van der Waals surface area contributed by atoms with Crippen molar-refractivity contribution in [1.82, 2.24) is 10.2 Å². The van der Waals surface area contributed by atoms with E-state index in [4.69, 9.17) is 0 Å². The molecule has 0 saturated carbocycles. The molecule has 0 aliphatic heterocycles. The number of aliphatic hydroxyl groups is 1. The van der Waals surface area contributed by atoms with Gasteiger partial charge in [0, 0.05) is 24.7 Å². The largest absolute Gasteiger partial charge is 0.389 e. The summed E-state index contributed by atoms with van der Waals surface area (Å²) in [5.41, 5.74) is 0.0143. The summed E-state index contributed by atoms with van der Waals surface area (Å²) in [4.78, 5) is 2.20. The number of nitrogens with one attached hydrogen (secondary N) is 1. The van der Waals surface area contributed by atoms with Crippen LogP contribution in [0.1, 0.15) is 45.7 Å². The van der Waals surface area contributed by atoms with Crippen LogP contribution in [-0.2, 0) is 0 Å². The van der Waals surface area contributed by atoms with Crippen molar-refractivity contribution in [1.29, 1.82) is 0 Å². The molecule has 0 aliphatic carbocycles. The van der Waals surface area contributed by atoms with Crippen LogP contribution in [0, 0.1) is 5.82 Å². The number of rotatable bonds is 9. The number of hydrogen-bond donors (Lipinski definition) is 2. The minimum Gasteiger partial charge on any atom is -0.389 e. The van der Waals surface area contributed by atoms with Crippen LogP contribution in [0.25, 0.3) is 0 Å². The average molecular weight is 296 g/mol. The van der Waals surface area contributed by atoms with E-state index in [1.807, 2.05) is 32.9 Å². The molecule has 1 unspecified atom stereocenters. The maximum Gasteiger partial charge on any atom is 0.127 e. The van der Waals surface area contributed by atoms with Crippen molar-refractivity contribution < 1.29 is 9.50 Å². The molecule has 0 aliphatic rings. The van der Waals surface area contributed by atoms with E-state index in [2.05, 4.69) is 17.1 Å². The SMILES string of the molecule is CCNC(CCN(CC)CC(C)(C)O)c1ccccc1F. The molecule has 0 aromatic heterocycles. The summed E-state index contributed by atoms with van der Waals surface area (Å²) in [7, 11) is 0. The fourth-order valence-electron chi connectivity index (χ4n) is 2.58. The van der Waals surface area contributed by atoms with Crippen molar-refractivity contribution in [3.05, 3.63) is 35.6 Å². The minimum absolute atomic E-state index is 0.00653. The molecular formula is C17H29FN2O. The number of hydrogen-bond acceptors (Lipinski definition) is 3. The van der Waals surface area contributed by atoms with Crippen LogP contribution in [0.5, 0.6) is 0 Å². The Kier molecular flexibility index (Phi) is 7.29. The van der Waals surface area contributed by atoms with Gasteiger partial charge in [0.1, 0.15) is 5.82 Å². The molecule has 0 spiro atoms. The number of nitrogens with zero attached hydrogens (tertiary/aromatic N) is 1. The molecule has 0 saturated heterocycles. The van der Waals surface area contributed by atoms with Gasteiger partial charge in [0.2, 0.25) is 0 Å². The number of halogens is 1. The molecule has 3 nitrogen and oxygen atoms in total. The summed E-state index contributed by atoms with van der Waals surface area (Å²) in [6.45, 7) is 10.9. The summed E-state index contributed by atoms with van der Waals surface area (Å²) < 4.78 is 13.9. The normalized spacial score (nSPS) is 13.7. The first-order chi connectivity index (χ1) is 9.87. The second kappa shape index (κ2) is 8.47. The van der Waals surface area contributed by atoms with Gasteiger partial charge < -0.3 is 15.3 Å². The average Bonchev–Trinajstić information content (AvgIpc) is 2.41. The second-order valence-corrected chi connectivity index (χ2v) is 6.10. The molecule has 4 heteroatoms. The Hall–Kier alpha value is -0.970. The van der Waals surface area contributed by atoms with Gasteiger partial charge in [0.25, 0.3) is 0 Å². The Morgan fingerprint density at radius 3 is 2.48 bits per heavy atom. The van der Waals surface area contributed by atoms with Gasteiger partial charge in [-0.05, 0) is 39.4 Å². The highest BCUT2D eigenvalue weighted by molar-refractivity contribution is 5.21. The molecule has 0 amide bonds. The Bertz CT molecular complexity index is 417. The molecule has 1 rings (SSSR count). The summed E-state index contributed by atoms with van der Waals surface area (Å²) in [6.07, 6.45) is 0.818. The first kappa shape index (κ1) is 18.1. The molecule has 0 bridgehead atoms. The molecule has 0 radical (unpaired) electrons. The van der Waals surface area contributed by atoms with Gasteiger partial charge in [-0.15, -0.1) is 0 Å². The molecule has 1 aromatic rings. The molecule has 2 N–H and O–H groups in total. The van der Waals surface area contributed by atoms with E-state index in [0.717, 1.165) is 31.6 Å². The van der Waals surface area contributed by atoms with Crippen LogP contribution in [0.3, 0.4) is 0 Å². The van der Waals surface area contributed by atoms with Crippen molar-refractivity contribution in [3.63, 3.8) is 0 Å². The second-order valence-electron chi connectivity index (χ2n) is 6.10. The van der Waals surface area contributed by atoms with Crippen LogP contribution >= 0.6 is 0 Å². The predicted octanol–water partition coefficient (Wildman–Crippen LogP) is 2.96. The van der Waals surface area contributed by atoms with Crippen LogP contribution in [0.15, 0.2) is 24.3 Å². The third-order valence-electron chi connectivity index (χ3n) is 3.52. The summed E-state index contributed by atoms with van der Waals surface area (Å²) >= 11 is 0. The fourth-order valence-corrected chi connectivity index (χ4v) is 2.58. The molecular weight excluding hydrogens is 267 g/mol. The Morgan fingerprint density at radius 1 is 1.29 bits per heavy atom. The summed E-state index contributed by atoms with van der Waals surface area (Å²) in [5.74, 6) is -0.158. The van der Waals surface area contributed by atoms with Crippen molar-refractivity contribution in [2.45, 2.75) is 45.8 Å². The number of benzene rings is 1.